The van der Waals surface area contributed by atoms with E-state index in [9.17, 15) is 4.79 Å². The van der Waals surface area contributed by atoms with Gasteiger partial charge in [0.1, 0.15) is 11.1 Å². The molecular weight excluding hydrogens is 274 g/mol. The molecule has 0 unspecified atom stereocenters. The molecule has 2 rings (SSSR count). The lowest BCUT2D eigenvalue weighted by atomic mass is 10.4. The first-order valence-corrected chi connectivity index (χ1v) is 5.29. The third kappa shape index (κ3) is 2.86. The van der Waals surface area contributed by atoms with Gasteiger partial charge in [-0.05, 0) is 28.1 Å². The summed E-state index contributed by atoms with van der Waals surface area (Å²) < 4.78 is 2.17. The van der Waals surface area contributed by atoms with Gasteiger partial charge in [0, 0.05) is 6.20 Å². The Kier molecular flexibility index (Phi) is 3.25. The number of halogens is 1. The van der Waals surface area contributed by atoms with Crippen LogP contribution in [0.3, 0.4) is 0 Å². The summed E-state index contributed by atoms with van der Waals surface area (Å²) in [5.74, 6) is -0.172. The molecule has 0 radical (unpaired) electrons. The lowest BCUT2D eigenvalue weighted by Crippen LogP contribution is -2.19. The summed E-state index contributed by atoms with van der Waals surface area (Å²) in [6.45, 7) is 0.135. The number of hydrogen-bond acceptors (Lipinski definition) is 4. The molecule has 0 aliphatic carbocycles. The fourth-order valence-corrected chi connectivity index (χ4v) is 1.35. The van der Waals surface area contributed by atoms with Crippen LogP contribution in [0, 0.1) is 0 Å². The van der Waals surface area contributed by atoms with Crippen molar-refractivity contribution in [3.8, 4) is 0 Å². The zero-order valence-corrected chi connectivity index (χ0v) is 9.75. The summed E-state index contributed by atoms with van der Waals surface area (Å²) in [5, 5.41) is 10.00. The van der Waals surface area contributed by atoms with Crippen molar-refractivity contribution in [2.75, 3.05) is 5.32 Å². The Labute approximate surface area is 99.8 Å². The molecule has 2 aromatic heterocycles. The minimum absolute atomic E-state index is 0.135. The van der Waals surface area contributed by atoms with E-state index in [1.54, 1.807) is 24.5 Å². The molecule has 0 spiro atoms. The van der Waals surface area contributed by atoms with Crippen LogP contribution in [0.4, 0.5) is 5.69 Å². The van der Waals surface area contributed by atoms with Crippen molar-refractivity contribution in [1.82, 2.24) is 20.0 Å². The van der Waals surface area contributed by atoms with Crippen molar-refractivity contribution in [2.45, 2.75) is 6.54 Å². The van der Waals surface area contributed by atoms with E-state index in [4.69, 9.17) is 0 Å². The Balaban J connectivity index is 1.95. The first-order valence-electron chi connectivity index (χ1n) is 4.49. The fraction of sp³-hybridized carbons (Fsp3) is 0.111. The largest absolute Gasteiger partial charge is 0.323 e. The van der Waals surface area contributed by atoms with Crippen LogP contribution in [0.5, 0.6) is 0 Å². The molecule has 0 aromatic carbocycles. The molecule has 6 nitrogen and oxygen atoms in total. The van der Waals surface area contributed by atoms with Gasteiger partial charge < -0.3 is 5.32 Å². The summed E-state index contributed by atoms with van der Waals surface area (Å²) in [6.07, 6.45) is 4.72. The molecule has 0 saturated heterocycles. The second-order valence-corrected chi connectivity index (χ2v) is 3.83. The number of nitrogens with zero attached hydrogens (tertiary/aromatic N) is 4. The monoisotopic (exact) mass is 281 g/mol. The SMILES string of the molecule is O=C(Cn1ccnn1)Nc1ccc(Br)nc1. The van der Waals surface area contributed by atoms with Crippen molar-refractivity contribution in [3.05, 3.63) is 35.3 Å². The fourth-order valence-electron chi connectivity index (χ4n) is 1.11. The molecule has 0 aliphatic heterocycles. The maximum absolute atomic E-state index is 11.5. The average Bonchev–Trinajstić information content (AvgIpc) is 2.74. The second-order valence-electron chi connectivity index (χ2n) is 3.02. The number of amides is 1. The third-order valence-corrected chi connectivity index (χ3v) is 2.26. The van der Waals surface area contributed by atoms with Gasteiger partial charge in [-0.2, -0.15) is 0 Å². The summed E-state index contributed by atoms with van der Waals surface area (Å²) >= 11 is 3.21. The van der Waals surface area contributed by atoms with E-state index in [1.165, 1.54) is 10.9 Å². The lowest BCUT2D eigenvalue weighted by molar-refractivity contribution is -0.116. The zero-order valence-electron chi connectivity index (χ0n) is 8.17. The van der Waals surface area contributed by atoms with Gasteiger partial charge >= 0.3 is 0 Å². The van der Waals surface area contributed by atoms with Crippen molar-refractivity contribution in [3.63, 3.8) is 0 Å². The zero-order chi connectivity index (χ0) is 11.4. The molecule has 1 amide bonds. The van der Waals surface area contributed by atoms with E-state index in [-0.39, 0.29) is 12.5 Å². The Morgan fingerprint density at radius 1 is 1.50 bits per heavy atom. The smallest absolute Gasteiger partial charge is 0.246 e. The summed E-state index contributed by atoms with van der Waals surface area (Å²) in [5.41, 5.74) is 0.647. The van der Waals surface area contributed by atoms with E-state index in [0.717, 1.165) is 4.60 Å². The average molecular weight is 282 g/mol. The molecule has 0 fully saturated rings. The van der Waals surface area contributed by atoms with Crippen LogP contribution in [0.1, 0.15) is 0 Å². The molecule has 0 aliphatic rings. The van der Waals surface area contributed by atoms with E-state index < -0.39 is 0 Å². The van der Waals surface area contributed by atoms with E-state index in [1.807, 2.05) is 0 Å². The Hall–Kier alpha value is -1.76. The Morgan fingerprint density at radius 3 is 3.00 bits per heavy atom. The maximum Gasteiger partial charge on any atom is 0.246 e. The van der Waals surface area contributed by atoms with Gasteiger partial charge in [0.15, 0.2) is 0 Å². The molecule has 0 bridgehead atoms. The van der Waals surface area contributed by atoms with E-state index >= 15 is 0 Å². The van der Waals surface area contributed by atoms with Gasteiger partial charge in [-0.3, -0.25) is 4.79 Å². The molecule has 16 heavy (non-hydrogen) atoms. The minimum atomic E-state index is -0.172. The van der Waals surface area contributed by atoms with Crippen LogP contribution in [0.2, 0.25) is 0 Å². The maximum atomic E-state index is 11.5. The molecule has 0 atom stereocenters. The number of nitrogens with one attached hydrogen (secondary N) is 1. The molecule has 2 aromatic rings. The van der Waals surface area contributed by atoms with Gasteiger partial charge in [-0.1, -0.05) is 5.21 Å². The predicted molar refractivity (Wildman–Crippen MR) is 60.6 cm³/mol. The Bertz CT molecular complexity index is 467. The highest BCUT2D eigenvalue weighted by Gasteiger charge is 2.03. The number of rotatable bonds is 3. The number of carbonyl (C=O) groups is 1. The van der Waals surface area contributed by atoms with Crippen molar-refractivity contribution >= 4 is 27.5 Å². The molecule has 1 N–H and O–H groups in total. The predicted octanol–water partition coefficient (Wildman–Crippen LogP) is 1.07. The normalized spacial score (nSPS) is 10.1. The molecule has 7 heteroatoms. The summed E-state index contributed by atoms with van der Waals surface area (Å²) in [4.78, 5) is 15.5. The summed E-state index contributed by atoms with van der Waals surface area (Å²) in [6, 6.07) is 3.52. The second kappa shape index (κ2) is 4.84. The lowest BCUT2D eigenvalue weighted by Gasteiger charge is -2.04. The van der Waals surface area contributed by atoms with E-state index in [2.05, 4.69) is 36.5 Å². The van der Waals surface area contributed by atoms with Crippen LogP contribution in [-0.4, -0.2) is 25.9 Å². The van der Waals surface area contributed by atoms with Crippen molar-refractivity contribution in [1.29, 1.82) is 0 Å². The van der Waals surface area contributed by atoms with Crippen LogP contribution < -0.4 is 5.32 Å². The van der Waals surface area contributed by atoms with Crippen molar-refractivity contribution in [2.24, 2.45) is 0 Å². The van der Waals surface area contributed by atoms with Crippen LogP contribution in [0.25, 0.3) is 0 Å². The standard InChI is InChI=1S/C9H8BrN5O/c10-8-2-1-7(5-11-8)13-9(16)6-15-4-3-12-14-15/h1-5H,6H2,(H,13,16). The number of pyridine rings is 1. The highest BCUT2D eigenvalue weighted by molar-refractivity contribution is 9.10. The van der Waals surface area contributed by atoms with Gasteiger partial charge in [0.2, 0.25) is 5.91 Å². The minimum Gasteiger partial charge on any atom is -0.323 e. The highest BCUT2D eigenvalue weighted by Crippen LogP contribution is 2.10. The highest BCUT2D eigenvalue weighted by atomic mass is 79.9. The number of carbonyl (C=O) groups excluding carboxylic acids is 1. The van der Waals surface area contributed by atoms with Gasteiger partial charge in [-0.25, -0.2) is 9.67 Å². The first-order chi connectivity index (χ1) is 7.74. The van der Waals surface area contributed by atoms with Crippen molar-refractivity contribution < 1.29 is 4.79 Å². The third-order valence-electron chi connectivity index (χ3n) is 1.79. The Morgan fingerprint density at radius 2 is 2.38 bits per heavy atom. The number of aromatic nitrogens is 4. The van der Waals surface area contributed by atoms with E-state index in [0.29, 0.717) is 5.69 Å². The molecule has 2 heterocycles. The van der Waals surface area contributed by atoms with Crippen LogP contribution in [0.15, 0.2) is 35.3 Å². The quantitative estimate of drug-likeness (QED) is 0.855. The van der Waals surface area contributed by atoms with Crippen LogP contribution in [-0.2, 0) is 11.3 Å². The number of anilines is 1. The molecule has 0 saturated carbocycles. The topological polar surface area (TPSA) is 72.7 Å². The van der Waals surface area contributed by atoms with Gasteiger partial charge in [0.05, 0.1) is 18.1 Å². The summed E-state index contributed by atoms with van der Waals surface area (Å²) in [7, 11) is 0. The number of hydrogen-bond donors (Lipinski definition) is 1. The first kappa shape index (κ1) is 10.7. The van der Waals surface area contributed by atoms with Gasteiger partial charge in [0.25, 0.3) is 0 Å². The van der Waals surface area contributed by atoms with Gasteiger partial charge in [-0.15, -0.1) is 5.10 Å². The van der Waals surface area contributed by atoms with Crippen LogP contribution >= 0.6 is 15.9 Å². The molecular formula is C9H8BrN5O. The molecule has 82 valence electrons.